The van der Waals surface area contributed by atoms with Crippen LogP contribution in [0, 0.1) is 0 Å². The van der Waals surface area contributed by atoms with Gasteiger partial charge in [0.05, 0.1) is 37.4 Å². The third kappa shape index (κ3) is 4.70. The van der Waals surface area contributed by atoms with E-state index in [0.717, 1.165) is 40.5 Å². The number of halogens is 2. The summed E-state index contributed by atoms with van der Waals surface area (Å²) in [6.45, 7) is 0.614. The molecule has 3 N–H and O–H groups in total. The first-order valence-corrected chi connectivity index (χ1v) is 10.2. The molecule has 4 aromatic rings. The van der Waals surface area contributed by atoms with E-state index >= 15 is 0 Å². The van der Waals surface area contributed by atoms with Crippen LogP contribution in [0.5, 0.6) is 5.75 Å². The summed E-state index contributed by atoms with van der Waals surface area (Å²) in [7, 11) is 3.53. The molecular weight excluding hydrogens is 416 g/mol. The number of nitrogens with zero attached hydrogens (tertiary/aromatic N) is 5. The summed E-state index contributed by atoms with van der Waals surface area (Å²) in [6, 6.07) is 7.45. The maximum absolute atomic E-state index is 12.1. The standard InChI is InChI=1S/C17H16N6O.C5H9F2N/c1-22-9-11(7-20-22)12-10-23-14(13-4-3-5-16(18)21-13)8-19-17(23)6-15(12)24-2;6-5(7)2-1-3-8-4-5/h3-10H,1-2H3,(H2,18,21);8H,1-4H2. The molecule has 0 radical (unpaired) electrons. The fourth-order valence-electron chi connectivity index (χ4n) is 3.57. The number of fused-ring (bicyclic) bond motifs is 1. The minimum atomic E-state index is -2.43. The molecule has 1 aliphatic heterocycles. The Morgan fingerprint density at radius 3 is 2.66 bits per heavy atom. The number of ether oxygens (including phenoxy) is 1. The van der Waals surface area contributed by atoms with E-state index in [1.54, 1.807) is 30.3 Å². The second-order valence-electron chi connectivity index (χ2n) is 7.61. The first-order valence-electron chi connectivity index (χ1n) is 10.2. The van der Waals surface area contributed by atoms with Crippen molar-refractivity contribution < 1.29 is 13.5 Å². The van der Waals surface area contributed by atoms with Gasteiger partial charge >= 0.3 is 0 Å². The summed E-state index contributed by atoms with van der Waals surface area (Å²) in [4.78, 5) is 8.84. The molecule has 0 atom stereocenters. The van der Waals surface area contributed by atoms with Crippen LogP contribution >= 0.6 is 0 Å². The molecule has 0 aromatic carbocycles. The molecule has 0 saturated carbocycles. The fraction of sp³-hybridized carbons (Fsp3) is 0.318. The number of piperidine rings is 1. The van der Waals surface area contributed by atoms with Crippen LogP contribution in [0.15, 0.2) is 49.1 Å². The van der Waals surface area contributed by atoms with Crippen LogP contribution in [0.25, 0.3) is 28.2 Å². The Hall–Kier alpha value is -3.53. The van der Waals surface area contributed by atoms with Crippen molar-refractivity contribution in [2.24, 2.45) is 7.05 Å². The zero-order chi connectivity index (χ0) is 22.7. The van der Waals surface area contributed by atoms with E-state index in [1.165, 1.54) is 0 Å². The number of hydrogen-bond acceptors (Lipinski definition) is 6. The van der Waals surface area contributed by atoms with E-state index < -0.39 is 5.92 Å². The first kappa shape index (κ1) is 21.7. The van der Waals surface area contributed by atoms with Crippen molar-refractivity contribution >= 4 is 11.5 Å². The van der Waals surface area contributed by atoms with Crippen molar-refractivity contribution in [2.45, 2.75) is 18.8 Å². The number of aromatic nitrogens is 5. The average molecular weight is 441 g/mol. The van der Waals surface area contributed by atoms with Gasteiger partial charge in [-0.1, -0.05) is 6.07 Å². The van der Waals surface area contributed by atoms with Gasteiger partial charge in [-0.2, -0.15) is 5.10 Å². The van der Waals surface area contributed by atoms with Crippen LogP contribution in [0.3, 0.4) is 0 Å². The van der Waals surface area contributed by atoms with Gasteiger partial charge in [-0.05, 0) is 25.1 Å². The molecule has 0 unspecified atom stereocenters. The van der Waals surface area contributed by atoms with Gasteiger partial charge in [-0.3, -0.25) is 9.08 Å². The van der Waals surface area contributed by atoms with Crippen LogP contribution in [0.2, 0.25) is 0 Å². The molecule has 4 aromatic heterocycles. The van der Waals surface area contributed by atoms with E-state index in [1.807, 2.05) is 42.0 Å². The topological polar surface area (TPSA) is 95.3 Å². The van der Waals surface area contributed by atoms with Crippen molar-refractivity contribution in [1.29, 1.82) is 0 Å². The minimum Gasteiger partial charge on any atom is -0.496 e. The second kappa shape index (κ2) is 8.91. The lowest BCUT2D eigenvalue weighted by molar-refractivity contribution is -0.0208. The Bertz CT molecular complexity index is 1210. The third-order valence-corrected chi connectivity index (χ3v) is 5.16. The Morgan fingerprint density at radius 2 is 2.06 bits per heavy atom. The van der Waals surface area contributed by atoms with Crippen molar-refractivity contribution in [2.75, 3.05) is 25.9 Å². The number of alkyl halides is 2. The zero-order valence-corrected chi connectivity index (χ0v) is 17.9. The highest BCUT2D eigenvalue weighted by Gasteiger charge is 2.30. The molecule has 5 rings (SSSR count). The van der Waals surface area contributed by atoms with Gasteiger partial charge in [0.25, 0.3) is 5.92 Å². The van der Waals surface area contributed by atoms with Crippen molar-refractivity contribution in [3.05, 3.63) is 49.1 Å². The van der Waals surface area contributed by atoms with Crippen LogP contribution in [0.4, 0.5) is 14.6 Å². The van der Waals surface area contributed by atoms with E-state index in [0.29, 0.717) is 12.2 Å². The van der Waals surface area contributed by atoms with Crippen LogP contribution in [0.1, 0.15) is 12.8 Å². The third-order valence-electron chi connectivity index (χ3n) is 5.16. The van der Waals surface area contributed by atoms with E-state index in [2.05, 4.69) is 20.4 Å². The maximum Gasteiger partial charge on any atom is 0.260 e. The van der Waals surface area contributed by atoms with Crippen LogP contribution in [-0.2, 0) is 7.05 Å². The van der Waals surface area contributed by atoms with Gasteiger partial charge in [-0.15, -0.1) is 0 Å². The highest BCUT2D eigenvalue weighted by Crippen LogP contribution is 2.32. The quantitative estimate of drug-likeness (QED) is 0.506. The molecule has 32 heavy (non-hydrogen) atoms. The molecule has 0 amide bonds. The number of methoxy groups -OCH3 is 1. The SMILES string of the molecule is COc1cc2ncc(-c3cccc(N)n3)n2cc1-c1cnn(C)c1.FC1(F)CCCNC1. The molecule has 1 aliphatic rings. The summed E-state index contributed by atoms with van der Waals surface area (Å²) in [5, 5.41) is 6.86. The lowest BCUT2D eigenvalue weighted by Crippen LogP contribution is -2.38. The molecule has 1 saturated heterocycles. The lowest BCUT2D eigenvalue weighted by Gasteiger charge is -2.21. The number of hydrogen-bond donors (Lipinski definition) is 2. The number of aryl methyl sites for hydroxylation is 1. The maximum atomic E-state index is 12.1. The highest BCUT2D eigenvalue weighted by molar-refractivity contribution is 5.73. The Kier molecular flexibility index (Phi) is 6.04. The van der Waals surface area contributed by atoms with Gasteiger partial charge in [0.1, 0.15) is 17.2 Å². The zero-order valence-electron chi connectivity index (χ0n) is 17.9. The van der Waals surface area contributed by atoms with Crippen molar-refractivity contribution in [3.8, 4) is 28.3 Å². The Morgan fingerprint density at radius 1 is 1.22 bits per heavy atom. The first-order chi connectivity index (χ1) is 15.4. The number of pyridine rings is 2. The predicted octanol–water partition coefficient (Wildman–Crippen LogP) is 3.39. The number of imidazole rings is 1. The largest absolute Gasteiger partial charge is 0.496 e. The number of nitrogens with two attached hydrogens (primary N) is 1. The van der Waals surface area contributed by atoms with E-state index in [9.17, 15) is 8.78 Å². The van der Waals surface area contributed by atoms with Gasteiger partial charge in [0.2, 0.25) is 0 Å². The molecule has 0 aliphatic carbocycles. The molecule has 5 heterocycles. The van der Waals surface area contributed by atoms with Crippen molar-refractivity contribution in [1.82, 2.24) is 29.5 Å². The van der Waals surface area contributed by atoms with Gasteiger partial charge in [0, 0.05) is 43.1 Å². The number of rotatable bonds is 3. The van der Waals surface area contributed by atoms with Crippen LogP contribution < -0.4 is 15.8 Å². The number of nitrogen functional groups attached to an aromatic ring is 1. The summed E-state index contributed by atoms with van der Waals surface area (Å²) < 4.78 is 33.5. The molecule has 1 fully saturated rings. The Labute approximate surface area is 184 Å². The predicted molar refractivity (Wildman–Crippen MR) is 119 cm³/mol. The lowest BCUT2D eigenvalue weighted by atomic mass is 10.1. The summed E-state index contributed by atoms with van der Waals surface area (Å²) in [5.41, 5.74) is 10.1. The molecule has 0 bridgehead atoms. The molecule has 8 nitrogen and oxygen atoms in total. The average Bonchev–Trinajstić information content (AvgIpc) is 3.38. The minimum absolute atomic E-state index is 0.0556. The van der Waals surface area contributed by atoms with Gasteiger partial charge in [-0.25, -0.2) is 18.7 Å². The second-order valence-corrected chi connectivity index (χ2v) is 7.61. The van der Waals surface area contributed by atoms with Gasteiger partial charge < -0.3 is 15.8 Å². The normalized spacial score (nSPS) is 15.2. The smallest absolute Gasteiger partial charge is 0.260 e. The fourth-order valence-corrected chi connectivity index (χ4v) is 3.57. The summed E-state index contributed by atoms with van der Waals surface area (Å²) in [6.07, 6.45) is 8.17. The van der Waals surface area contributed by atoms with E-state index in [-0.39, 0.29) is 13.0 Å². The Balaban J connectivity index is 0.000000260. The van der Waals surface area contributed by atoms with E-state index in [4.69, 9.17) is 10.5 Å². The monoisotopic (exact) mass is 441 g/mol. The number of anilines is 1. The summed E-state index contributed by atoms with van der Waals surface area (Å²) >= 11 is 0. The van der Waals surface area contributed by atoms with Gasteiger partial charge in [0.15, 0.2) is 0 Å². The summed E-state index contributed by atoms with van der Waals surface area (Å²) in [5.74, 6) is -1.21. The molecule has 168 valence electrons. The molecule has 10 heteroatoms. The number of nitrogens with one attached hydrogen (secondary N) is 1. The van der Waals surface area contributed by atoms with Crippen LogP contribution in [-0.4, -0.2) is 50.3 Å². The van der Waals surface area contributed by atoms with Crippen molar-refractivity contribution in [3.63, 3.8) is 0 Å². The molecule has 0 spiro atoms. The highest BCUT2D eigenvalue weighted by atomic mass is 19.3. The molecular formula is C22H25F2N7O.